The molecule has 142 valence electrons. The average molecular weight is 383 g/mol. The van der Waals surface area contributed by atoms with Crippen LogP contribution in [-0.4, -0.2) is 11.7 Å². The summed E-state index contributed by atoms with van der Waals surface area (Å²) in [6.45, 7) is 0. The summed E-state index contributed by atoms with van der Waals surface area (Å²) >= 11 is 0. The van der Waals surface area contributed by atoms with E-state index < -0.39 is 11.3 Å². The van der Waals surface area contributed by atoms with E-state index in [1.807, 2.05) is 36.4 Å². The van der Waals surface area contributed by atoms with E-state index in [0.29, 0.717) is 23.4 Å². The standard InChI is InChI=1S/C23H17N3O3/c24-12-16-21(25)29-19-11-14(13-6-2-1-3-7-13)10-18(27)20(19)23(16)15-8-4-5-9-17(15)26-22(23)28/h1-9,14H,10-11,25H2,(H,26,28). The summed E-state index contributed by atoms with van der Waals surface area (Å²) in [4.78, 5) is 26.7. The van der Waals surface area contributed by atoms with Crippen molar-refractivity contribution in [1.29, 1.82) is 5.26 Å². The maximum absolute atomic E-state index is 13.4. The van der Waals surface area contributed by atoms with Gasteiger partial charge >= 0.3 is 0 Å². The Bertz CT molecular complexity index is 1170. The molecule has 2 aromatic carbocycles. The molecule has 5 rings (SSSR count). The topological polar surface area (TPSA) is 105 Å². The number of hydrogen-bond acceptors (Lipinski definition) is 5. The van der Waals surface area contributed by atoms with Gasteiger partial charge in [-0.2, -0.15) is 5.26 Å². The van der Waals surface area contributed by atoms with Gasteiger partial charge in [0.2, 0.25) is 11.8 Å². The number of hydrogen-bond donors (Lipinski definition) is 2. The van der Waals surface area contributed by atoms with Crippen LogP contribution in [0.1, 0.15) is 29.9 Å². The predicted molar refractivity (Wildman–Crippen MR) is 105 cm³/mol. The lowest BCUT2D eigenvalue weighted by molar-refractivity contribution is -0.123. The van der Waals surface area contributed by atoms with Crippen molar-refractivity contribution in [3.63, 3.8) is 0 Å². The van der Waals surface area contributed by atoms with Gasteiger partial charge in [0.05, 0.1) is 5.57 Å². The van der Waals surface area contributed by atoms with Gasteiger partial charge in [-0.3, -0.25) is 9.59 Å². The van der Waals surface area contributed by atoms with Crippen molar-refractivity contribution in [3.8, 4) is 6.07 Å². The Morgan fingerprint density at radius 3 is 2.55 bits per heavy atom. The molecule has 0 radical (unpaired) electrons. The molecular weight excluding hydrogens is 366 g/mol. The Balaban J connectivity index is 1.74. The van der Waals surface area contributed by atoms with Crippen LogP contribution in [0.2, 0.25) is 0 Å². The zero-order valence-corrected chi connectivity index (χ0v) is 15.4. The van der Waals surface area contributed by atoms with Crippen molar-refractivity contribution < 1.29 is 14.3 Å². The van der Waals surface area contributed by atoms with Gasteiger partial charge < -0.3 is 15.8 Å². The first-order chi connectivity index (χ1) is 14.1. The van der Waals surface area contributed by atoms with Crippen LogP contribution in [0.5, 0.6) is 0 Å². The summed E-state index contributed by atoms with van der Waals surface area (Å²) in [5.74, 6) is -0.471. The highest BCUT2D eigenvalue weighted by Gasteiger charge is 2.60. The molecule has 3 N–H and O–H groups in total. The fraction of sp³-hybridized carbons (Fsp3) is 0.174. The maximum Gasteiger partial charge on any atom is 0.245 e. The highest BCUT2D eigenvalue weighted by Crippen LogP contribution is 2.55. The number of anilines is 1. The highest BCUT2D eigenvalue weighted by molar-refractivity contribution is 6.19. The summed E-state index contributed by atoms with van der Waals surface area (Å²) in [5.41, 5.74) is 6.91. The van der Waals surface area contributed by atoms with Gasteiger partial charge in [-0.15, -0.1) is 0 Å². The molecule has 1 aliphatic carbocycles. The molecule has 0 saturated carbocycles. The Kier molecular flexibility index (Phi) is 3.62. The van der Waals surface area contributed by atoms with Crippen LogP contribution >= 0.6 is 0 Å². The summed E-state index contributed by atoms with van der Waals surface area (Å²) in [5, 5.41) is 12.7. The molecule has 6 heteroatoms. The van der Waals surface area contributed by atoms with Gasteiger partial charge in [-0.25, -0.2) is 0 Å². The van der Waals surface area contributed by atoms with Gasteiger partial charge in [0.25, 0.3) is 0 Å². The molecule has 2 aromatic rings. The Morgan fingerprint density at radius 2 is 1.79 bits per heavy atom. The Labute approximate surface area is 167 Å². The first kappa shape index (κ1) is 17.3. The predicted octanol–water partition coefficient (Wildman–Crippen LogP) is 3.00. The van der Waals surface area contributed by atoms with Crippen molar-refractivity contribution in [2.24, 2.45) is 5.73 Å². The van der Waals surface area contributed by atoms with Crippen LogP contribution in [0.3, 0.4) is 0 Å². The van der Waals surface area contributed by atoms with Crippen LogP contribution < -0.4 is 11.1 Å². The number of fused-ring (bicyclic) bond motifs is 3. The van der Waals surface area contributed by atoms with Gasteiger partial charge in [-0.05, 0) is 17.5 Å². The van der Waals surface area contributed by atoms with Crippen molar-refractivity contribution >= 4 is 17.4 Å². The lowest BCUT2D eigenvalue weighted by Crippen LogP contribution is -2.47. The number of nitrogens with one attached hydrogen (secondary N) is 1. The maximum atomic E-state index is 13.4. The molecule has 0 fully saturated rings. The van der Waals surface area contributed by atoms with Gasteiger partial charge in [-0.1, -0.05) is 48.5 Å². The lowest BCUT2D eigenvalue weighted by atomic mass is 9.63. The number of ether oxygens (including phenoxy) is 1. The average Bonchev–Trinajstić information content (AvgIpc) is 3.01. The van der Waals surface area contributed by atoms with Crippen molar-refractivity contribution in [2.75, 3.05) is 5.32 Å². The summed E-state index contributed by atoms with van der Waals surface area (Å²) < 4.78 is 5.78. The molecule has 1 spiro atoms. The van der Waals surface area contributed by atoms with Crippen LogP contribution in [0, 0.1) is 11.3 Å². The number of Topliss-reactive ketones (excluding diaryl/α,β-unsaturated/α-hetero) is 1. The van der Waals surface area contributed by atoms with E-state index >= 15 is 0 Å². The smallest absolute Gasteiger partial charge is 0.245 e. The van der Waals surface area contributed by atoms with Crippen molar-refractivity contribution in [3.05, 3.63) is 88.5 Å². The van der Waals surface area contributed by atoms with Crippen molar-refractivity contribution in [1.82, 2.24) is 0 Å². The van der Waals surface area contributed by atoms with E-state index in [4.69, 9.17) is 10.5 Å². The van der Waals surface area contributed by atoms with Crippen molar-refractivity contribution in [2.45, 2.75) is 24.2 Å². The molecule has 1 amide bonds. The van der Waals surface area contributed by atoms with Gasteiger partial charge in [0.15, 0.2) is 5.78 Å². The Hall–Kier alpha value is -3.85. The number of nitriles is 1. The number of carbonyl (C=O) groups excluding carboxylic acids is 2. The fourth-order valence-corrected chi connectivity index (χ4v) is 4.74. The van der Waals surface area contributed by atoms with Crippen LogP contribution in [0.4, 0.5) is 5.69 Å². The SMILES string of the molecule is N#CC1=C(N)OC2=C(C(=O)CC(c3ccccc3)C2)C12C(=O)Nc1ccccc12. The normalized spacial score (nSPS) is 25.3. The van der Waals surface area contributed by atoms with E-state index in [9.17, 15) is 14.9 Å². The minimum Gasteiger partial charge on any atom is -0.444 e. The minimum absolute atomic E-state index is 0.0368. The van der Waals surface area contributed by atoms with E-state index in [1.54, 1.807) is 24.3 Å². The molecule has 2 unspecified atom stereocenters. The van der Waals surface area contributed by atoms with Gasteiger partial charge in [0.1, 0.15) is 22.8 Å². The summed E-state index contributed by atoms with van der Waals surface area (Å²) in [6.07, 6.45) is 0.670. The molecule has 2 atom stereocenters. The number of rotatable bonds is 1. The van der Waals surface area contributed by atoms with E-state index in [0.717, 1.165) is 5.56 Å². The second-order valence-electron chi connectivity index (χ2n) is 7.44. The second kappa shape index (κ2) is 6.08. The van der Waals surface area contributed by atoms with Crippen LogP contribution in [-0.2, 0) is 19.7 Å². The molecule has 3 aliphatic rings. The highest BCUT2D eigenvalue weighted by atomic mass is 16.5. The number of benzene rings is 2. The third-order valence-corrected chi connectivity index (χ3v) is 5.95. The molecule has 6 nitrogen and oxygen atoms in total. The zero-order valence-electron chi connectivity index (χ0n) is 15.4. The number of nitrogens with two attached hydrogens (primary N) is 1. The molecular formula is C23H17N3O3. The van der Waals surface area contributed by atoms with E-state index in [2.05, 4.69) is 5.32 Å². The quantitative estimate of drug-likeness (QED) is 0.788. The number of amides is 1. The molecule has 0 bridgehead atoms. The zero-order chi connectivity index (χ0) is 20.2. The summed E-state index contributed by atoms with van der Waals surface area (Å²) in [6, 6.07) is 18.8. The van der Waals surface area contributed by atoms with Crippen LogP contribution in [0.25, 0.3) is 0 Å². The molecule has 0 saturated heterocycles. The monoisotopic (exact) mass is 383 g/mol. The third kappa shape index (κ3) is 2.21. The largest absolute Gasteiger partial charge is 0.444 e. The number of para-hydroxylation sites is 1. The Morgan fingerprint density at radius 1 is 1.07 bits per heavy atom. The first-order valence-electron chi connectivity index (χ1n) is 9.38. The third-order valence-electron chi connectivity index (χ3n) is 5.95. The lowest BCUT2D eigenvalue weighted by Gasteiger charge is -2.38. The molecule has 0 aromatic heterocycles. The number of carbonyl (C=O) groups is 2. The minimum atomic E-state index is -1.55. The summed E-state index contributed by atoms with van der Waals surface area (Å²) in [7, 11) is 0. The van der Waals surface area contributed by atoms with E-state index in [-0.39, 0.29) is 35.2 Å². The second-order valence-corrected chi connectivity index (χ2v) is 7.44. The molecule has 29 heavy (non-hydrogen) atoms. The fourth-order valence-electron chi connectivity index (χ4n) is 4.74. The first-order valence-corrected chi connectivity index (χ1v) is 9.38. The number of nitrogens with zero attached hydrogens (tertiary/aromatic N) is 1. The number of allylic oxidation sites excluding steroid dienone is 1. The van der Waals surface area contributed by atoms with E-state index in [1.165, 1.54) is 0 Å². The molecule has 2 aliphatic heterocycles. The molecule has 2 heterocycles. The van der Waals surface area contributed by atoms with Gasteiger partial charge in [0, 0.05) is 24.1 Å². The number of ketones is 1. The van der Waals surface area contributed by atoms with Crippen LogP contribution in [0.15, 0.2) is 77.4 Å².